The van der Waals surface area contributed by atoms with Crippen LogP contribution < -0.4 is 5.32 Å². The Labute approximate surface area is 130 Å². The topological polar surface area (TPSA) is 46.2 Å². The molecule has 2 rings (SSSR count). The molecule has 3 nitrogen and oxygen atoms in total. The number of halogens is 1. The average Bonchev–Trinajstić information content (AvgIpc) is 2.39. The van der Waals surface area contributed by atoms with Crippen LogP contribution in [0.5, 0.6) is 0 Å². The molecule has 0 aliphatic heterocycles. The van der Waals surface area contributed by atoms with Gasteiger partial charge < -0.3 is 5.32 Å². The van der Waals surface area contributed by atoms with E-state index in [0.717, 1.165) is 21.7 Å². The van der Waals surface area contributed by atoms with Crippen LogP contribution in [-0.2, 0) is 22.9 Å². The van der Waals surface area contributed by atoms with Crippen LogP contribution in [0.2, 0.25) is 5.02 Å². The number of nitrogens with one attached hydrogen (secondary N) is 1. The van der Waals surface area contributed by atoms with Gasteiger partial charge in [0.2, 0.25) is 0 Å². The zero-order valence-electron chi connectivity index (χ0n) is 12.1. The fourth-order valence-electron chi connectivity index (χ4n) is 2.22. The van der Waals surface area contributed by atoms with Gasteiger partial charge in [-0.1, -0.05) is 41.9 Å². The first-order chi connectivity index (χ1) is 9.88. The van der Waals surface area contributed by atoms with Gasteiger partial charge in [-0.3, -0.25) is 0 Å². The summed E-state index contributed by atoms with van der Waals surface area (Å²) in [7, 11) is -3.16. The molecule has 0 atom stereocenters. The van der Waals surface area contributed by atoms with Crippen LogP contribution in [-0.4, -0.2) is 14.7 Å². The number of rotatable bonds is 5. The van der Waals surface area contributed by atoms with Gasteiger partial charge in [0, 0.05) is 24.4 Å². The van der Waals surface area contributed by atoms with Crippen LogP contribution in [0.1, 0.15) is 16.7 Å². The van der Waals surface area contributed by atoms with Crippen molar-refractivity contribution in [3.05, 3.63) is 64.2 Å². The molecule has 1 N–H and O–H groups in total. The fraction of sp³-hybridized carbons (Fsp3) is 0.250. The van der Waals surface area contributed by atoms with Crippen molar-refractivity contribution >= 4 is 21.4 Å². The summed E-state index contributed by atoms with van der Waals surface area (Å²) in [6.07, 6.45) is 1.23. The molecule has 0 spiro atoms. The third kappa shape index (κ3) is 4.30. The molecule has 0 aromatic heterocycles. The van der Waals surface area contributed by atoms with Gasteiger partial charge in [-0.15, -0.1) is 0 Å². The minimum Gasteiger partial charge on any atom is -0.309 e. The molecule has 0 radical (unpaired) electrons. The normalized spacial score (nSPS) is 11.6. The van der Waals surface area contributed by atoms with E-state index in [1.165, 1.54) is 6.26 Å². The van der Waals surface area contributed by atoms with Crippen LogP contribution in [0.25, 0.3) is 0 Å². The summed E-state index contributed by atoms with van der Waals surface area (Å²) in [6.45, 7) is 3.15. The van der Waals surface area contributed by atoms with Crippen molar-refractivity contribution in [1.29, 1.82) is 0 Å². The van der Waals surface area contributed by atoms with Gasteiger partial charge in [0.25, 0.3) is 0 Å². The molecule has 112 valence electrons. The number of hydrogen-bond donors (Lipinski definition) is 1. The first kappa shape index (κ1) is 16.0. The highest BCUT2D eigenvalue weighted by atomic mass is 35.5. The van der Waals surface area contributed by atoms with Crippen molar-refractivity contribution in [2.75, 3.05) is 6.26 Å². The van der Waals surface area contributed by atoms with Gasteiger partial charge in [0.1, 0.15) is 0 Å². The van der Waals surface area contributed by atoms with Crippen LogP contribution >= 0.6 is 11.6 Å². The zero-order valence-corrected chi connectivity index (χ0v) is 13.6. The largest absolute Gasteiger partial charge is 0.309 e. The van der Waals surface area contributed by atoms with E-state index in [9.17, 15) is 8.42 Å². The maximum absolute atomic E-state index is 11.6. The molecule has 0 saturated heterocycles. The Morgan fingerprint density at radius 1 is 1.10 bits per heavy atom. The standard InChI is InChI=1S/C16H18ClNO2S/c1-12-9-13(7-8-16(12)21(2,19)20)10-18-11-14-5-3-4-6-15(14)17/h3-9,18H,10-11H2,1-2H3. The lowest BCUT2D eigenvalue weighted by Gasteiger charge is -2.09. The Bertz CT molecular complexity index is 742. The predicted molar refractivity (Wildman–Crippen MR) is 86.3 cm³/mol. The van der Waals surface area contributed by atoms with Crippen molar-refractivity contribution in [3.63, 3.8) is 0 Å². The Morgan fingerprint density at radius 3 is 2.43 bits per heavy atom. The Balaban J connectivity index is 2.02. The molecule has 0 aliphatic rings. The lowest BCUT2D eigenvalue weighted by molar-refractivity contribution is 0.601. The number of sulfone groups is 1. The van der Waals surface area contributed by atoms with Gasteiger partial charge in [-0.2, -0.15) is 0 Å². The number of aryl methyl sites for hydroxylation is 1. The SMILES string of the molecule is Cc1cc(CNCc2ccccc2Cl)ccc1S(C)(=O)=O. The van der Waals surface area contributed by atoms with Crippen LogP contribution in [0.3, 0.4) is 0 Å². The first-order valence-electron chi connectivity index (χ1n) is 6.61. The summed E-state index contributed by atoms with van der Waals surface area (Å²) in [4.78, 5) is 0.386. The van der Waals surface area contributed by atoms with E-state index in [2.05, 4.69) is 5.32 Å². The molecule has 0 aliphatic carbocycles. The van der Waals surface area contributed by atoms with Crippen molar-refractivity contribution in [2.45, 2.75) is 24.9 Å². The minimum absolute atomic E-state index is 0.386. The highest BCUT2D eigenvalue weighted by Gasteiger charge is 2.10. The highest BCUT2D eigenvalue weighted by molar-refractivity contribution is 7.90. The molecule has 2 aromatic rings. The number of hydrogen-bond acceptors (Lipinski definition) is 3. The van der Waals surface area contributed by atoms with Crippen LogP contribution in [0, 0.1) is 6.92 Å². The van der Waals surface area contributed by atoms with Gasteiger partial charge in [0.15, 0.2) is 9.84 Å². The van der Waals surface area contributed by atoms with Crippen molar-refractivity contribution in [2.24, 2.45) is 0 Å². The molecule has 0 amide bonds. The molecule has 5 heteroatoms. The second-order valence-electron chi connectivity index (χ2n) is 5.07. The van der Waals surface area contributed by atoms with E-state index < -0.39 is 9.84 Å². The third-order valence-corrected chi connectivity index (χ3v) is 4.87. The molecular weight excluding hydrogens is 306 g/mol. The van der Waals surface area contributed by atoms with Crippen molar-refractivity contribution in [1.82, 2.24) is 5.32 Å². The van der Waals surface area contributed by atoms with E-state index in [1.807, 2.05) is 43.3 Å². The maximum Gasteiger partial charge on any atom is 0.175 e. The molecule has 0 unspecified atom stereocenters. The maximum atomic E-state index is 11.6. The molecule has 0 heterocycles. The fourth-order valence-corrected chi connectivity index (χ4v) is 3.38. The smallest absolute Gasteiger partial charge is 0.175 e. The van der Waals surface area contributed by atoms with Crippen molar-refractivity contribution in [3.8, 4) is 0 Å². The summed E-state index contributed by atoms with van der Waals surface area (Å²) >= 11 is 6.10. The summed E-state index contributed by atoms with van der Waals surface area (Å²) in [5, 5.41) is 4.05. The first-order valence-corrected chi connectivity index (χ1v) is 8.88. The molecular formula is C16H18ClNO2S. The zero-order chi connectivity index (χ0) is 15.5. The Morgan fingerprint density at radius 2 is 1.81 bits per heavy atom. The average molecular weight is 324 g/mol. The second kappa shape index (κ2) is 6.60. The van der Waals surface area contributed by atoms with E-state index in [-0.39, 0.29) is 0 Å². The van der Waals surface area contributed by atoms with E-state index in [4.69, 9.17) is 11.6 Å². The lowest BCUT2D eigenvalue weighted by atomic mass is 10.1. The molecule has 21 heavy (non-hydrogen) atoms. The van der Waals surface area contributed by atoms with E-state index in [0.29, 0.717) is 18.0 Å². The highest BCUT2D eigenvalue weighted by Crippen LogP contribution is 2.17. The lowest BCUT2D eigenvalue weighted by Crippen LogP contribution is -2.13. The summed E-state index contributed by atoms with van der Waals surface area (Å²) in [6, 6.07) is 13.1. The minimum atomic E-state index is -3.16. The van der Waals surface area contributed by atoms with Crippen LogP contribution in [0.15, 0.2) is 47.4 Å². The van der Waals surface area contributed by atoms with Gasteiger partial charge in [-0.05, 0) is 35.7 Å². The summed E-state index contributed by atoms with van der Waals surface area (Å²) in [5.41, 5.74) is 2.87. The van der Waals surface area contributed by atoms with Crippen molar-refractivity contribution < 1.29 is 8.42 Å². The Hall–Kier alpha value is -1.36. The number of benzene rings is 2. The monoisotopic (exact) mass is 323 g/mol. The Kier molecular flexibility index (Phi) is 5.04. The molecule has 0 fully saturated rings. The van der Waals surface area contributed by atoms with Gasteiger partial charge in [-0.25, -0.2) is 8.42 Å². The van der Waals surface area contributed by atoms with Gasteiger partial charge in [0.05, 0.1) is 4.90 Å². The van der Waals surface area contributed by atoms with E-state index in [1.54, 1.807) is 6.07 Å². The molecule has 0 saturated carbocycles. The third-order valence-electron chi connectivity index (χ3n) is 3.24. The summed E-state index contributed by atoms with van der Waals surface area (Å²) < 4.78 is 23.1. The predicted octanol–water partition coefficient (Wildman–Crippen LogP) is 3.34. The quantitative estimate of drug-likeness (QED) is 0.918. The van der Waals surface area contributed by atoms with Gasteiger partial charge >= 0.3 is 0 Å². The molecule has 0 bridgehead atoms. The van der Waals surface area contributed by atoms with E-state index >= 15 is 0 Å². The second-order valence-corrected chi connectivity index (χ2v) is 7.46. The summed E-state index contributed by atoms with van der Waals surface area (Å²) in [5.74, 6) is 0. The molecule has 2 aromatic carbocycles. The van der Waals surface area contributed by atoms with Crippen LogP contribution in [0.4, 0.5) is 0 Å².